The highest BCUT2D eigenvalue weighted by atomic mass is 19.1. The van der Waals surface area contributed by atoms with Gasteiger partial charge in [-0.2, -0.15) is 0 Å². The first-order valence-electron chi connectivity index (χ1n) is 5.86. The maximum absolute atomic E-state index is 13.5. The van der Waals surface area contributed by atoms with Crippen molar-refractivity contribution in [1.29, 1.82) is 0 Å². The van der Waals surface area contributed by atoms with Crippen LogP contribution in [0.1, 0.15) is 24.4 Å². The van der Waals surface area contributed by atoms with Crippen molar-refractivity contribution in [2.24, 2.45) is 0 Å². The lowest BCUT2D eigenvalue weighted by Gasteiger charge is -2.04. The molecule has 0 spiro atoms. The van der Waals surface area contributed by atoms with Gasteiger partial charge in [0.1, 0.15) is 11.6 Å². The molecule has 2 aromatic rings. The van der Waals surface area contributed by atoms with Gasteiger partial charge in [-0.15, -0.1) is 0 Å². The van der Waals surface area contributed by atoms with Crippen LogP contribution in [0.15, 0.2) is 35.4 Å². The van der Waals surface area contributed by atoms with E-state index in [0.717, 1.165) is 18.9 Å². The van der Waals surface area contributed by atoms with Crippen molar-refractivity contribution in [2.45, 2.75) is 25.4 Å². The summed E-state index contributed by atoms with van der Waals surface area (Å²) in [4.78, 5) is 12.0. The summed E-state index contributed by atoms with van der Waals surface area (Å²) in [7, 11) is 0. The van der Waals surface area contributed by atoms with Gasteiger partial charge in [0.2, 0.25) is 0 Å². The van der Waals surface area contributed by atoms with Crippen molar-refractivity contribution in [3.8, 4) is 0 Å². The van der Waals surface area contributed by atoms with E-state index in [2.05, 4.69) is 0 Å². The van der Waals surface area contributed by atoms with Gasteiger partial charge in [0.05, 0.1) is 6.54 Å². The second-order valence-electron chi connectivity index (χ2n) is 4.58. The van der Waals surface area contributed by atoms with Crippen molar-refractivity contribution in [3.63, 3.8) is 0 Å². The number of rotatable bonds is 3. The molecule has 0 saturated heterocycles. The lowest BCUT2D eigenvalue weighted by Crippen LogP contribution is -2.24. The largest absolute Gasteiger partial charge is 0.328 e. The molecule has 3 rings (SSSR count). The van der Waals surface area contributed by atoms with E-state index >= 15 is 0 Å². The van der Waals surface area contributed by atoms with Crippen LogP contribution >= 0.6 is 0 Å². The zero-order valence-corrected chi connectivity index (χ0v) is 9.64. The van der Waals surface area contributed by atoms with Crippen LogP contribution in [0.5, 0.6) is 0 Å². The van der Waals surface area contributed by atoms with Gasteiger partial charge >= 0.3 is 5.69 Å². The first kappa shape index (κ1) is 11.2. The maximum atomic E-state index is 13.5. The molecule has 0 aliphatic heterocycles. The average Bonchev–Trinajstić information content (AvgIpc) is 3.10. The summed E-state index contributed by atoms with van der Waals surface area (Å²) in [6.45, 7) is 0.130. The fourth-order valence-electron chi connectivity index (χ4n) is 2.01. The highest BCUT2D eigenvalue weighted by Gasteiger charge is 2.25. The molecule has 0 N–H and O–H groups in total. The molecule has 1 fully saturated rings. The molecular formula is C13H12F2N2O. The Hall–Kier alpha value is -1.91. The number of nitrogens with zero attached hydrogens (tertiary/aromatic N) is 2. The van der Waals surface area contributed by atoms with E-state index in [1.165, 1.54) is 16.7 Å². The Labute approximate surface area is 102 Å². The van der Waals surface area contributed by atoms with Crippen LogP contribution in [0.4, 0.5) is 8.78 Å². The summed E-state index contributed by atoms with van der Waals surface area (Å²) in [6.07, 6.45) is 5.41. The van der Waals surface area contributed by atoms with Crippen molar-refractivity contribution >= 4 is 0 Å². The van der Waals surface area contributed by atoms with Crippen LogP contribution in [0.3, 0.4) is 0 Å². The number of aromatic nitrogens is 2. The molecule has 0 radical (unpaired) electrons. The fraction of sp³-hybridized carbons (Fsp3) is 0.308. The van der Waals surface area contributed by atoms with E-state index in [1.54, 1.807) is 17.0 Å². The smallest absolute Gasteiger partial charge is 0.296 e. The van der Waals surface area contributed by atoms with Gasteiger partial charge in [-0.25, -0.2) is 13.6 Å². The van der Waals surface area contributed by atoms with E-state index in [9.17, 15) is 13.6 Å². The van der Waals surface area contributed by atoms with Gasteiger partial charge in [-0.3, -0.25) is 9.13 Å². The fourth-order valence-corrected chi connectivity index (χ4v) is 2.01. The number of benzene rings is 1. The van der Waals surface area contributed by atoms with Crippen LogP contribution in [-0.2, 0) is 6.54 Å². The molecule has 1 heterocycles. The summed E-state index contributed by atoms with van der Waals surface area (Å²) in [5.74, 6) is -1.24. The van der Waals surface area contributed by atoms with Crippen molar-refractivity contribution in [1.82, 2.24) is 9.13 Å². The van der Waals surface area contributed by atoms with Crippen LogP contribution in [-0.4, -0.2) is 9.13 Å². The molecular weight excluding hydrogens is 238 g/mol. The number of imidazole rings is 1. The third-order valence-electron chi connectivity index (χ3n) is 3.17. The Kier molecular flexibility index (Phi) is 2.54. The van der Waals surface area contributed by atoms with E-state index in [0.29, 0.717) is 11.6 Å². The van der Waals surface area contributed by atoms with Gasteiger partial charge < -0.3 is 0 Å². The van der Waals surface area contributed by atoms with Crippen LogP contribution in [0, 0.1) is 11.6 Å². The molecule has 1 aromatic heterocycles. The minimum Gasteiger partial charge on any atom is -0.296 e. The number of hydrogen-bond acceptors (Lipinski definition) is 1. The molecule has 94 valence electrons. The van der Waals surface area contributed by atoms with Gasteiger partial charge in [-0.05, 0) is 18.9 Å². The van der Waals surface area contributed by atoms with E-state index in [1.807, 2.05) is 0 Å². The predicted octanol–water partition coefficient (Wildman–Crippen LogP) is 2.31. The molecule has 0 atom stereocenters. The first-order valence-corrected chi connectivity index (χ1v) is 5.86. The van der Waals surface area contributed by atoms with Crippen molar-refractivity contribution < 1.29 is 8.78 Å². The third kappa shape index (κ3) is 1.96. The predicted molar refractivity (Wildman–Crippen MR) is 62.4 cm³/mol. The topological polar surface area (TPSA) is 26.9 Å². The van der Waals surface area contributed by atoms with Crippen molar-refractivity contribution in [3.05, 3.63) is 58.3 Å². The Bertz CT molecular complexity index is 641. The second kappa shape index (κ2) is 4.08. The summed E-state index contributed by atoms with van der Waals surface area (Å²) >= 11 is 0. The molecule has 0 amide bonds. The molecule has 1 aromatic carbocycles. The maximum Gasteiger partial charge on any atom is 0.328 e. The summed E-state index contributed by atoms with van der Waals surface area (Å²) in [5.41, 5.74) is 0.174. The molecule has 18 heavy (non-hydrogen) atoms. The summed E-state index contributed by atoms with van der Waals surface area (Å²) < 4.78 is 29.4. The lowest BCUT2D eigenvalue weighted by molar-refractivity contribution is 0.562. The first-order chi connectivity index (χ1) is 8.65. The average molecular weight is 250 g/mol. The SMILES string of the molecule is O=c1n(Cc2ccc(F)cc2F)ccn1C1CC1. The molecule has 0 unspecified atom stereocenters. The Morgan fingerprint density at radius 1 is 1.22 bits per heavy atom. The Balaban J connectivity index is 1.90. The molecule has 1 aliphatic carbocycles. The Morgan fingerprint density at radius 2 is 2.00 bits per heavy atom. The van der Waals surface area contributed by atoms with Gasteiger partial charge in [-0.1, -0.05) is 6.07 Å². The molecule has 1 aliphatic rings. The normalized spacial score (nSPS) is 15.0. The monoisotopic (exact) mass is 250 g/mol. The second-order valence-corrected chi connectivity index (χ2v) is 4.58. The molecule has 5 heteroatoms. The van der Waals surface area contributed by atoms with Crippen LogP contribution in [0.2, 0.25) is 0 Å². The summed E-state index contributed by atoms with van der Waals surface area (Å²) in [6, 6.07) is 3.70. The molecule has 0 bridgehead atoms. The highest BCUT2D eigenvalue weighted by molar-refractivity contribution is 5.19. The van der Waals surface area contributed by atoms with Gasteiger partial charge in [0, 0.05) is 30.1 Å². The van der Waals surface area contributed by atoms with E-state index in [4.69, 9.17) is 0 Å². The zero-order chi connectivity index (χ0) is 12.7. The number of hydrogen-bond donors (Lipinski definition) is 0. The Morgan fingerprint density at radius 3 is 2.67 bits per heavy atom. The van der Waals surface area contributed by atoms with Gasteiger partial charge in [0.15, 0.2) is 0 Å². The van der Waals surface area contributed by atoms with Crippen LogP contribution in [0.25, 0.3) is 0 Å². The minimum atomic E-state index is -0.624. The van der Waals surface area contributed by atoms with E-state index in [-0.39, 0.29) is 12.2 Å². The number of halogens is 2. The van der Waals surface area contributed by atoms with Crippen molar-refractivity contribution in [2.75, 3.05) is 0 Å². The van der Waals surface area contributed by atoms with Crippen LogP contribution < -0.4 is 5.69 Å². The van der Waals surface area contributed by atoms with E-state index < -0.39 is 11.6 Å². The third-order valence-corrected chi connectivity index (χ3v) is 3.17. The molecule has 3 nitrogen and oxygen atoms in total. The lowest BCUT2D eigenvalue weighted by atomic mass is 10.2. The highest BCUT2D eigenvalue weighted by Crippen LogP contribution is 2.33. The molecule has 1 saturated carbocycles. The summed E-state index contributed by atoms with van der Waals surface area (Å²) in [5, 5.41) is 0. The zero-order valence-electron chi connectivity index (χ0n) is 9.64. The van der Waals surface area contributed by atoms with Gasteiger partial charge in [0.25, 0.3) is 0 Å². The quantitative estimate of drug-likeness (QED) is 0.821. The minimum absolute atomic E-state index is 0.130. The standard InChI is InChI=1S/C13H12F2N2O/c14-10-2-1-9(12(15)7-10)8-16-5-6-17(13(16)18)11-3-4-11/h1-2,5-7,11H,3-4,8H2.